The molecule has 0 bridgehead atoms. The van der Waals surface area contributed by atoms with Gasteiger partial charge in [0.15, 0.2) is 0 Å². The fourth-order valence-electron chi connectivity index (χ4n) is 3.37. The molecule has 0 aliphatic carbocycles. The molecule has 0 fully saturated rings. The smallest absolute Gasteiger partial charge is 0.261 e. The van der Waals surface area contributed by atoms with E-state index < -0.39 is 0 Å². The standard InChI is InChI=1S/C20H17Cl2N3O2/c1-11(12-5-7-15(21)16(22)9-12)23-19(26)13-4-6-14-17(10-13)24-18-3-2-8-25(18)20(14)27/h4-7,9-11H,2-3,8H2,1H3,(H,23,26)/t11-/m0/s1. The summed E-state index contributed by atoms with van der Waals surface area (Å²) in [6.45, 7) is 2.58. The number of rotatable bonds is 3. The van der Waals surface area contributed by atoms with E-state index in [-0.39, 0.29) is 17.5 Å². The van der Waals surface area contributed by atoms with Crippen molar-refractivity contribution in [3.8, 4) is 0 Å². The second-order valence-corrected chi connectivity index (χ2v) is 7.50. The lowest BCUT2D eigenvalue weighted by atomic mass is 10.1. The largest absolute Gasteiger partial charge is 0.346 e. The Labute approximate surface area is 165 Å². The van der Waals surface area contributed by atoms with Gasteiger partial charge in [-0.15, -0.1) is 0 Å². The number of amides is 1. The molecule has 0 radical (unpaired) electrons. The molecule has 4 rings (SSSR count). The molecule has 1 atom stereocenters. The highest BCUT2D eigenvalue weighted by Crippen LogP contribution is 2.26. The minimum atomic E-state index is -0.249. The molecule has 27 heavy (non-hydrogen) atoms. The van der Waals surface area contributed by atoms with Gasteiger partial charge in [0.05, 0.1) is 27.0 Å². The Morgan fingerprint density at radius 3 is 2.78 bits per heavy atom. The summed E-state index contributed by atoms with van der Waals surface area (Å²) in [6.07, 6.45) is 1.71. The van der Waals surface area contributed by atoms with Gasteiger partial charge in [0.1, 0.15) is 5.82 Å². The highest BCUT2D eigenvalue weighted by Gasteiger charge is 2.18. The van der Waals surface area contributed by atoms with Gasteiger partial charge >= 0.3 is 0 Å². The van der Waals surface area contributed by atoms with E-state index in [2.05, 4.69) is 10.3 Å². The Hall–Kier alpha value is -2.37. The fourth-order valence-corrected chi connectivity index (χ4v) is 3.68. The number of benzene rings is 2. The molecule has 3 aromatic rings. The van der Waals surface area contributed by atoms with Crippen molar-refractivity contribution in [1.82, 2.24) is 14.9 Å². The van der Waals surface area contributed by atoms with Crippen LogP contribution >= 0.6 is 23.2 Å². The van der Waals surface area contributed by atoms with Gasteiger partial charge in [0.2, 0.25) is 0 Å². The van der Waals surface area contributed by atoms with Crippen LogP contribution in [0.5, 0.6) is 0 Å². The number of hydrogen-bond acceptors (Lipinski definition) is 3. The van der Waals surface area contributed by atoms with Crippen molar-refractivity contribution < 1.29 is 4.79 Å². The monoisotopic (exact) mass is 401 g/mol. The molecule has 1 N–H and O–H groups in total. The highest BCUT2D eigenvalue weighted by atomic mass is 35.5. The van der Waals surface area contributed by atoms with Crippen LogP contribution in [0.3, 0.4) is 0 Å². The van der Waals surface area contributed by atoms with Crippen LogP contribution in [0.15, 0.2) is 41.2 Å². The van der Waals surface area contributed by atoms with Crippen LogP contribution in [0.1, 0.15) is 41.1 Å². The fraction of sp³-hybridized carbons (Fsp3) is 0.250. The molecule has 5 nitrogen and oxygen atoms in total. The Morgan fingerprint density at radius 2 is 2.00 bits per heavy atom. The van der Waals surface area contributed by atoms with Crippen LogP contribution in [0.4, 0.5) is 0 Å². The summed E-state index contributed by atoms with van der Waals surface area (Å²) in [5.74, 6) is 0.548. The van der Waals surface area contributed by atoms with Crippen molar-refractivity contribution in [3.63, 3.8) is 0 Å². The summed E-state index contributed by atoms with van der Waals surface area (Å²) >= 11 is 12.0. The van der Waals surface area contributed by atoms with Crippen molar-refractivity contribution in [2.24, 2.45) is 0 Å². The van der Waals surface area contributed by atoms with Gasteiger partial charge in [-0.1, -0.05) is 29.3 Å². The van der Waals surface area contributed by atoms with E-state index in [1.54, 1.807) is 34.9 Å². The zero-order chi connectivity index (χ0) is 19.1. The number of fused-ring (bicyclic) bond motifs is 2. The lowest BCUT2D eigenvalue weighted by Gasteiger charge is -2.15. The lowest BCUT2D eigenvalue weighted by molar-refractivity contribution is 0.0940. The average Bonchev–Trinajstić information content (AvgIpc) is 3.12. The van der Waals surface area contributed by atoms with E-state index in [1.807, 2.05) is 13.0 Å². The van der Waals surface area contributed by atoms with Gasteiger partial charge in [-0.05, 0) is 49.2 Å². The molecule has 1 aromatic heterocycles. The number of carbonyl (C=O) groups excluding carboxylic acids is 1. The van der Waals surface area contributed by atoms with E-state index in [0.29, 0.717) is 33.1 Å². The lowest BCUT2D eigenvalue weighted by Crippen LogP contribution is -2.27. The molecule has 0 unspecified atom stereocenters. The third-order valence-corrected chi connectivity index (χ3v) is 5.61. The molecular weight excluding hydrogens is 385 g/mol. The Kier molecular flexibility index (Phi) is 4.66. The quantitative estimate of drug-likeness (QED) is 0.716. The van der Waals surface area contributed by atoms with Crippen molar-refractivity contribution >= 4 is 40.0 Å². The normalized spacial score (nSPS) is 14.2. The molecule has 7 heteroatoms. The molecule has 1 aliphatic heterocycles. The van der Waals surface area contributed by atoms with Crippen LogP contribution in [0.2, 0.25) is 10.0 Å². The van der Waals surface area contributed by atoms with Gasteiger partial charge in [0, 0.05) is 18.5 Å². The minimum absolute atomic E-state index is 0.0383. The number of halogens is 2. The summed E-state index contributed by atoms with van der Waals surface area (Å²) in [6, 6.07) is 10.0. The van der Waals surface area contributed by atoms with Crippen molar-refractivity contribution in [1.29, 1.82) is 0 Å². The molecule has 0 spiro atoms. The number of hydrogen-bond donors (Lipinski definition) is 1. The molecular formula is C20H17Cl2N3O2. The number of carbonyl (C=O) groups is 1. The SMILES string of the molecule is C[C@H](NC(=O)c1ccc2c(=O)n3c(nc2c1)CCC3)c1ccc(Cl)c(Cl)c1. The van der Waals surface area contributed by atoms with Crippen molar-refractivity contribution in [3.05, 3.63) is 73.7 Å². The van der Waals surface area contributed by atoms with Gasteiger partial charge in [-0.25, -0.2) is 4.98 Å². The summed E-state index contributed by atoms with van der Waals surface area (Å²) < 4.78 is 1.72. The summed E-state index contributed by atoms with van der Waals surface area (Å²) in [5, 5.41) is 4.39. The first-order valence-electron chi connectivity index (χ1n) is 8.73. The molecule has 1 amide bonds. The van der Waals surface area contributed by atoms with Crippen molar-refractivity contribution in [2.75, 3.05) is 0 Å². The highest BCUT2D eigenvalue weighted by molar-refractivity contribution is 6.42. The van der Waals surface area contributed by atoms with Gasteiger partial charge in [-0.2, -0.15) is 0 Å². The van der Waals surface area contributed by atoms with E-state index in [0.717, 1.165) is 24.2 Å². The number of nitrogens with one attached hydrogen (secondary N) is 1. The van der Waals surface area contributed by atoms with Crippen LogP contribution < -0.4 is 10.9 Å². The average molecular weight is 402 g/mol. The second kappa shape index (κ2) is 6.98. The third kappa shape index (κ3) is 3.33. The maximum Gasteiger partial charge on any atom is 0.261 e. The zero-order valence-electron chi connectivity index (χ0n) is 14.6. The van der Waals surface area contributed by atoms with Crippen LogP contribution in [-0.4, -0.2) is 15.5 Å². The summed E-state index contributed by atoms with van der Waals surface area (Å²) in [7, 11) is 0. The minimum Gasteiger partial charge on any atom is -0.346 e. The Balaban J connectivity index is 1.61. The second-order valence-electron chi connectivity index (χ2n) is 6.69. The summed E-state index contributed by atoms with van der Waals surface area (Å²) in [5.41, 5.74) is 1.84. The van der Waals surface area contributed by atoms with Crippen LogP contribution in [0, 0.1) is 0 Å². The van der Waals surface area contributed by atoms with Gasteiger partial charge < -0.3 is 5.32 Å². The van der Waals surface area contributed by atoms with Crippen LogP contribution in [0.25, 0.3) is 10.9 Å². The molecule has 0 saturated carbocycles. The molecule has 2 aromatic carbocycles. The van der Waals surface area contributed by atoms with E-state index >= 15 is 0 Å². The first-order valence-corrected chi connectivity index (χ1v) is 9.49. The topological polar surface area (TPSA) is 64.0 Å². The molecule has 1 aliphatic rings. The van der Waals surface area contributed by atoms with Crippen molar-refractivity contribution in [2.45, 2.75) is 32.4 Å². The number of aryl methyl sites for hydroxylation is 1. The number of aromatic nitrogens is 2. The first kappa shape index (κ1) is 18.0. The molecule has 2 heterocycles. The van der Waals surface area contributed by atoms with E-state index in [1.165, 1.54) is 0 Å². The Morgan fingerprint density at radius 1 is 1.19 bits per heavy atom. The predicted molar refractivity (Wildman–Crippen MR) is 107 cm³/mol. The van der Waals surface area contributed by atoms with Gasteiger partial charge in [-0.3, -0.25) is 14.2 Å². The maximum absolute atomic E-state index is 12.7. The third-order valence-electron chi connectivity index (χ3n) is 4.87. The maximum atomic E-state index is 12.7. The van der Waals surface area contributed by atoms with Crippen LogP contribution in [-0.2, 0) is 13.0 Å². The van der Waals surface area contributed by atoms with E-state index in [4.69, 9.17) is 23.2 Å². The predicted octanol–water partition coefficient (Wildman–Crippen LogP) is 4.14. The van der Waals surface area contributed by atoms with Gasteiger partial charge in [0.25, 0.3) is 11.5 Å². The number of nitrogens with zero attached hydrogens (tertiary/aromatic N) is 2. The Bertz CT molecular complexity index is 1120. The first-order chi connectivity index (χ1) is 12.9. The summed E-state index contributed by atoms with van der Waals surface area (Å²) in [4.78, 5) is 29.8. The zero-order valence-corrected chi connectivity index (χ0v) is 16.1. The molecule has 138 valence electrons. The van der Waals surface area contributed by atoms with E-state index in [9.17, 15) is 9.59 Å². The molecule has 0 saturated heterocycles.